The first-order valence-corrected chi connectivity index (χ1v) is 6.11. The molecular weight excluding hydrogens is 234 g/mol. The fourth-order valence-corrected chi connectivity index (χ4v) is 1.68. The van der Waals surface area contributed by atoms with Gasteiger partial charge in [0.1, 0.15) is 11.7 Å². The number of nitrogens with one attached hydrogen (secondary N) is 1. The molecule has 1 aliphatic rings. The van der Waals surface area contributed by atoms with E-state index in [1.54, 1.807) is 6.08 Å². The molecule has 0 saturated heterocycles. The molecule has 1 rings (SSSR count). The summed E-state index contributed by atoms with van der Waals surface area (Å²) < 4.78 is 10.2. The van der Waals surface area contributed by atoms with E-state index in [4.69, 9.17) is 9.47 Å². The van der Waals surface area contributed by atoms with Gasteiger partial charge in [0.05, 0.1) is 6.04 Å². The van der Waals surface area contributed by atoms with Crippen LogP contribution in [0, 0.1) is 0 Å². The summed E-state index contributed by atoms with van der Waals surface area (Å²) in [6.07, 6.45) is 4.46. The molecule has 102 valence electrons. The van der Waals surface area contributed by atoms with Crippen LogP contribution in [0.25, 0.3) is 0 Å². The normalized spacial score (nSPS) is 23.3. The Balaban J connectivity index is 2.38. The third-order valence-corrected chi connectivity index (χ3v) is 2.34. The molecule has 5 nitrogen and oxygen atoms in total. The average molecular weight is 255 g/mol. The molecule has 18 heavy (non-hydrogen) atoms. The van der Waals surface area contributed by atoms with Gasteiger partial charge in [0.15, 0.2) is 0 Å². The monoisotopic (exact) mass is 255 g/mol. The van der Waals surface area contributed by atoms with Gasteiger partial charge in [-0.15, -0.1) is 0 Å². The molecule has 0 spiro atoms. The van der Waals surface area contributed by atoms with E-state index < -0.39 is 11.7 Å². The van der Waals surface area contributed by atoms with Gasteiger partial charge in [0.25, 0.3) is 0 Å². The summed E-state index contributed by atoms with van der Waals surface area (Å²) in [5.74, 6) is -0.289. The molecule has 0 aromatic carbocycles. The summed E-state index contributed by atoms with van der Waals surface area (Å²) >= 11 is 0. The zero-order valence-electron chi connectivity index (χ0n) is 11.4. The largest absolute Gasteiger partial charge is 0.458 e. The molecule has 0 aromatic heterocycles. The van der Waals surface area contributed by atoms with E-state index in [2.05, 4.69) is 5.32 Å². The van der Waals surface area contributed by atoms with Crippen LogP contribution in [0.4, 0.5) is 4.79 Å². The Bertz CT molecular complexity index is 343. The van der Waals surface area contributed by atoms with Crippen LogP contribution in [0.3, 0.4) is 0 Å². The molecule has 2 atom stereocenters. The minimum Gasteiger partial charge on any atom is -0.458 e. The molecule has 0 saturated carbocycles. The third-order valence-electron chi connectivity index (χ3n) is 2.34. The summed E-state index contributed by atoms with van der Waals surface area (Å²) in [6, 6.07) is -0.0633. The summed E-state index contributed by atoms with van der Waals surface area (Å²) in [6.45, 7) is 6.85. The highest BCUT2D eigenvalue weighted by Crippen LogP contribution is 2.15. The van der Waals surface area contributed by atoms with Crippen LogP contribution >= 0.6 is 0 Å². The van der Waals surface area contributed by atoms with Crippen LogP contribution in [0.2, 0.25) is 0 Å². The molecule has 5 heteroatoms. The standard InChI is InChI=1S/C13H21NO4/c1-9(15)17-11-7-5-10(6-8-11)14-12(16)18-13(2,3)4/h5,7,10-11H,6,8H2,1-4H3,(H,14,16). The highest BCUT2D eigenvalue weighted by molar-refractivity contribution is 5.68. The van der Waals surface area contributed by atoms with Crippen molar-refractivity contribution < 1.29 is 19.1 Å². The number of hydrogen-bond acceptors (Lipinski definition) is 4. The Morgan fingerprint density at radius 2 is 1.89 bits per heavy atom. The van der Waals surface area contributed by atoms with Gasteiger partial charge in [-0.3, -0.25) is 4.79 Å². The Morgan fingerprint density at radius 3 is 2.33 bits per heavy atom. The highest BCUT2D eigenvalue weighted by Gasteiger charge is 2.22. The van der Waals surface area contributed by atoms with Crippen LogP contribution < -0.4 is 5.32 Å². The molecule has 0 radical (unpaired) electrons. The van der Waals surface area contributed by atoms with E-state index in [-0.39, 0.29) is 18.1 Å². The maximum atomic E-state index is 11.5. The quantitative estimate of drug-likeness (QED) is 0.606. The predicted octanol–water partition coefficient (Wildman–Crippen LogP) is 2.16. The van der Waals surface area contributed by atoms with E-state index in [9.17, 15) is 9.59 Å². The Kier molecular flexibility index (Phi) is 4.76. The van der Waals surface area contributed by atoms with Crippen molar-refractivity contribution >= 4 is 12.1 Å². The zero-order valence-corrected chi connectivity index (χ0v) is 11.4. The topological polar surface area (TPSA) is 64.6 Å². The van der Waals surface area contributed by atoms with Crippen molar-refractivity contribution in [2.45, 2.75) is 58.3 Å². The second kappa shape index (κ2) is 5.89. The summed E-state index contributed by atoms with van der Waals surface area (Å²) in [5.41, 5.74) is -0.497. The summed E-state index contributed by atoms with van der Waals surface area (Å²) in [4.78, 5) is 22.3. The minimum atomic E-state index is -0.497. The molecule has 0 heterocycles. The van der Waals surface area contributed by atoms with Crippen molar-refractivity contribution in [1.82, 2.24) is 5.32 Å². The number of ether oxygens (including phenoxy) is 2. The lowest BCUT2D eigenvalue weighted by Crippen LogP contribution is -2.40. The Hall–Kier alpha value is -1.52. The first kappa shape index (κ1) is 14.5. The molecule has 1 aliphatic carbocycles. The van der Waals surface area contributed by atoms with Crippen LogP contribution in [-0.4, -0.2) is 29.8 Å². The number of alkyl carbamates (subject to hydrolysis) is 1. The van der Waals surface area contributed by atoms with Crippen molar-refractivity contribution in [2.24, 2.45) is 0 Å². The van der Waals surface area contributed by atoms with Crippen molar-refractivity contribution in [1.29, 1.82) is 0 Å². The average Bonchev–Trinajstić information content (AvgIpc) is 2.17. The smallest absolute Gasteiger partial charge is 0.408 e. The lowest BCUT2D eigenvalue weighted by atomic mass is 10.0. The lowest BCUT2D eigenvalue weighted by molar-refractivity contribution is -0.144. The number of carbonyl (C=O) groups excluding carboxylic acids is 2. The van der Waals surface area contributed by atoms with Gasteiger partial charge in [0, 0.05) is 6.92 Å². The van der Waals surface area contributed by atoms with Crippen molar-refractivity contribution in [3.05, 3.63) is 12.2 Å². The number of esters is 1. The number of rotatable bonds is 2. The molecule has 1 N–H and O–H groups in total. The zero-order chi connectivity index (χ0) is 13.8. The number of amides is 1. The van der Waals surface area contributed by atoms with Crippen LogP contribution in [-0.2, 0) is 14.3 Å². The van der Waals surface area contributed by atoms with Crippen LogP contribution in [0.5, 0.6) is 0 Å². The molecule has 0 bridgehead atoms. The van der Waals surface area contributed by atoms with Crippen molar-refractivity contribution in [3.8, 4) is 0 Å². The van der Waals surface area contributed by atoms with Crippen LogP contribution in [0.15, 0.2) is 12.2 Å². The third kappa shape index (κ3) is 5.70. The van der Waals surface area contributed by atoms with Crippen LogP contribution in [0.1, 0.15) is 40.5 Å². The second-order valence-electron chi connectivity index (χ2n) is 5.36. The van der Waals surface area contributed by atoms with Crippen molar-refractivity contribution in [3.63, 3.8) is 0 Å². The summed E-state index contributed by atoms with van der Waals surface area (Å²) in [5, 5.41) is 2.76. The first-order chi connectivity index (χ1) is 8.26. The van der Waals surface area contributed by atoms with Gasteiger partial charge in [-0.05, 0) is 39.7 Å². The van der Waals surface area contributed by atoms with E-state index in [1.165, 1.54) is 6.92 Å². The fraction of sp³-hybridized carbons (Fsp3) is 0.692. The fourth-order valence-electron chi connectivity index (χ4n) is 1.68. The maximum Gasteiger partial charge on any atom is 0.408 e. The lowest BCUT2D eigenvalue weighted by Gasteiger charge is -2.25. The van der Waals surface area contributed by atoms with Gasteiger partial charge in [-0.1, -0.05) is 6.08 Å². The van der Waals surface area contributed by atoms with E-state index in [0.717, 1.165) is 6.42 Å². The van der Waals surface area contributed by atoms with Gasteiger partial charge in [-0.2, -0.15) is 0 Å². The maximum absolute atomic E-state index is 11.5. The second-order valence-corrected chi connectivity index (χ2v) is 5.36. The SMILES string of the molecule is CC(=O)OC1C=CC(NC(=O)OC(C)(C)C)CC1. The van der Waals surface area contributed by atoms with Gasteiger partial charge in [-0.25, -0.2) is 4.79 Å². The highest BCUT2D eigenvalue weighted by atomic mass is 16.6. The molecule has 0 aliphatic heterocycles. The Labute approximate surface area is 108 Å². The number of carbonyl (C=O) groups is 2. The number of hydrogen-bond donors (Lipinski definition) is 1. The predicted molar refractivity (Wildman–Crippen MR) is 67.1 cm³/mol. The minimum absolute atomic E-state index is 0.0633. The van der Waals surface area contributed by atoms with Gasteiger partial charge < -0.3 is 14.8 Å². The Morgan fingerprint density at radius 1 is 1.22 bits per heavy atom. The van der Waals surface area contributed by atoms with Gasteiger partial charge in [0.2, 0.25) is 0 Å². The molecule has 0 fully saturated rings. The van der Waals surface area contributed by atoms with E-state index in [0.29, 0.717) is 6.42 Å². The van der Waals surface area contributed by atoms with Crippen molar-refractivity contribution in [2.75, 3.05) is 0 Å². The molecule has 2 unspecified atom stereocenters. The molecule has 1 amide bonds. The molecular formula is C13H21NO4. The first-order valence-electron chi connectivity index (χ1n) is 6.11. The van der Waals surface area contributed by atoms with Gasteiger partial charge >= 0.3 is 12.1 Å². The van der Waals surface area contributed by atoms with E-state index >= 15 is 0 Å². The van der Waals surface area contributed by atoms with E-state index in [1.807, 2.05) is 26.8 Å². The summed E-state index contributed by atoms with van der Waals surface area (Å²) in [7, 11) is 0. The molecule has 0 aromatic rings.